The first-order valence-electron chi connectivity index (χ1n) is 7.80. The Morgan fingerprint density at radius 1 is 1.19 bits per heavy atom. The number of carbonyl (C=O) groups is 2. The summed E-state index contributed by atoms with van der Waals surface area (Å²) in [5.41, 5.74) is 0.688. The quantitative estimate of drug-likeness (QED) is 0.520. The molecule has 3 rings (SSSR count). The molecule has 0 saturated heterocycles. The predicted molar refractivity (Wildman–Crippen MR) is 101 cm³/mol. The molecule has 0 aliphatic rings. The first-order valence-corrected chi connectivity index (χ1v) is 9.49. The highest BCUT2D eigenvalue weighted by atomic mass is 32.1. The van der Waals surface area contributed by atoms with Crippen LogP contribution in [0.2, 0.25) is 0 Å². The van der Waals surface area contributed by atoms with Gasteiger partial charge in [0, 0.05) is 23.6 Å². The second-order valence-electron chi connectivity index (χ2n) is 5.45. The molecule has 26 heavy (non-hydrogen) atoms. The summed E-state index contributed by atoms with van der Waals surface area (Å²) < 4.78 is 6.60. The number of thiophene rings is 1. The number of amides is 1. The fraction of sp³-hybridized carbons (Fsp3) is 0.167. The van der Waals surface area contributed by atoms with Crippen LogP contribution in [-0.2, 0) is 17.9 Å². The first kappa shape index (κ1) is 18.1. The summed E-state index contributed by atoms with van der Waals surface area (Å²) in [7, 11) is 0. The topological polar surface area (TPSA) is 77.4 Å². The summed E-state index contributed by atoms with van der Waals surface area (Å²) in [6.45, 7) is 1.97. The molecule has 0 spiro atoms. The molecule has 0 aliphatic heterocycles. The molecule has 0 bridgehead atoms. The number of hydrogen-bond acceptors (Lipinski definition) is 6. The zero-order valence-corrected chi connectivity index (χ0v) is 15.6. The van der Waals surface area contributed by atoms with Crippen molar-refractivity contribution in [1.29, 1.82) is 0 Å². The molecule has 1 N–H and O–H groups in total. The van der Waals surface area contributed by atoms with E-state index in [-0.39, 0.29) is 17.3 Å². The maximum absolute atomic E-state index is 12.3. The largest absolute Gasteiger partial charge is 0.426 e. The number of esters is 1. The van der Waals surface area contributed by atoms with Gasteiger partial charge >= 0.3 is 10.8 Å². The predicted octanol–water partition coefficient (Wildman–Crippen LogP) is 2.87. The van der Waals surface area contributed by atoms with Gasteiger partial charge in [-0.25, -0.2) is 0 Å². The van der Waals surface area contributed by atoms with Crippen molar-refractivity contribution in [2.45, 2.75) is 20.0 Å². The summed E-state index contributed by atoms with van der Waals surface area (Å²) in [6.07, 6.45) is 1.53. The van der Waals surface area contributed by atoms with E-state index in [4.69, 9.17) is 4.74 Å². The van der Waals surface area contributed by atoms with Crippen LogP contribution in [0.5, 0.6) is 5.75 Å². The fourth-order valence-corrected chi connectivity index (χ4v) is 3.74. The Morgan fingerprint density at radius 2 is 2.00 bits per heavy atom. The third kappa shape index (κ3) is 4.47. The minimum absolute atomic E-state index is 0.219. The molecule has 0 aliphatic carbocycles. The van der Waals surface area contributed by atoms with Gasteiger partial charge in [-0.05, 0) is 17.5 Å². The van der Waals surface area contributed by atoms with Crippen LogP contribution in [0.15, 0.2) is 52.8 Å². The maximum Gasteiger partial charge on any atom is 0.308 e. The average molecular weight is 388 g/mol. The molecule has 1 amide bonds. The van der Waals surface area contributed by atoms with Gasteiger partial charge in [-0.1, -0.05) is 35.6 Å². The van der Waals surface area contributed by atoms with Crippen LogP contribution in [0.4, 0.5) is 0 Å². The lowest BCUT2D eigenvalue weighted by Crippen LogP contribution is -2.21. The maximum atomic E-state index is 12.3. The Kier molecular flexibility index (Phi) is 5.65. The third-order valence-electron chi connectivity index (χ3n) is 3.50. The van der Waals surface area contributed by atoms with Gasteiger partial charge in [0.05, 0.1) is 13.1 Å². The molecule has 2 heterocycles. The lowest BCUT2D eigenvalue weighted by Gasteiger charge is -2.08. The molecule has 134 valence electrons. The molecule has 3 aromatic rings. The standard InChI is InChI=1S/C18H16N2O4S2/c1-12(21)24-15-7-3-2-5-13(15)10-20-11-16(26-18(20)23)17(22)19-9-14-6-4-8-25-14/h2-8,11H,9-10H2,1H3,(H,19,22). The molecule has 0 atom stereocenters. The molecule has 1 aromatic carbocycles. The number of thiazole rings is 1. The van der Waals surface area contributed by atoms with Gasteiger partial charge in [0.15, 0.2) is 0 Å². The van der Waals surface area contributed by atoms with Crippen molar-refractivity contribution in [3.05, 3.63) is 73.0 Å². The zero-order valence-electron chi connectivity index (χ0n) is 13.9. The van der Waals surface area contributed by atoms with Gasteiger partial charge in [-0.15, -0.1) is 11.3 Å². The summed E-state index contributed by atoms with van der Waals surface area (Å²) >= 11 is 2.45. The second-order valence-corrected chi connectivity index (χ2v) is 7.48. The van der Waals surface area contributed by atoms with Gasteiger partial charge < -0.3 is 14.6 Å². The average Bonchev–Trinajstić information content (AvgIpc) is 3.24. The molecule has 0 saturated carbocycles. The molecule has 8 heteroatoms. The van der Waals surface area contributed by atoms with Crippen molar-refractivity contribution >= 4 is 34.6 Å². The van der Waals surface area contributed by atoms with Gasteiger partial charge in [0.2, 0.25) is 0 Å². The molecular formula is C18H16N2O4S2. The van der Waals surface area contributed by atoms with Gasteiger partial charge in [0.1, 0.15) is 10.6 Å². The van der Waals surface area contributed by atoms with Crippen LogP contribution >= 0.6 is 22.7 Å². The fourth-order valence-electron chi connectivity index (χ4n) is 2.33. The summed E-state index contributed by atoms with van der Waals surface area (Å²) in [4.78, 5) is 36.8. The van der Waals surface area contributed by atoms with Crippen LogP contribution in [0.1, 0.15) is 27.0 Å². The van der Waals surface area contributed by atoms with Crippen molar-refractivity contribution in [1.82, 2.24) is 9.88 Å². The number of aromatic nitrogens is 1. The van der Waals surface area contributed by atoms with E-state index in [1.54, 1.807) is 35.6 Å². The number of nitrogens with one attached hydrogen (secondary N) is 1. The highest BCUT2D eigenvalue weighted by molar-refractivity contribution is 7.11. The van der Waals surface area contributed by atoms with Crippen molar-refractivity contribution in [3.8, 4) is 5.75 Å². The third-order valence-corrected chi connectivity index (χ3v) is 5.30. The lowest BCUT2D eigenvalue weighted by atomic mass is 10.2. The van der Waals surface area contributed by atoms with Crippen molar-refractivity contribution < 1.29 is 14.3 Å². The number of ether oxygens (including phenoxy) is 1. The van der Waals surface area contributed by atoms with Crippen LogP contribution in [0.25, 0.3) is 0 Å². The number of benzene rings is 1. The highest BCUT2D eigenvalue weighted by Gasteiger charge is 2.14. The Balaban J connectivity index is 1.73. The van der Waals surface area contributed by atoms with Crippen LogP contribution in [-0.4, -0.2) is 16.4 Å². The number of para-hydroxylation sites is 1. The Labute approximate surface area is 157 Å². The Morgan fingerprint density at radius 3 is 2.73 bits per heavy atom. The Hall–Kier alpha value is -2.71. The van der Waals surface area contributed by atoms with Crippen LogP contribution in [0, 0.1) is 0 Å². The Bertz CT molecular complexity index is 973. The van der Waals surface area contributed by atoms with E-state index >= 15 is 0 Å². The van der Waals surface area contributed by atoms with E-state index in [9.17, 15) is 14.4 Å². The number of hydrogen-bond donors (Lipinski definition) is 1. The van der Waals surface area contributed by atoms with E-state index in [0.717, 1.165) is 16.2 Å². The van der Waals surface area contributed by atoms with Crippen molar-refractivity contribution in [2.24, 2.45) is 0 Å². The van der Waals surface area contributed by atoms with E-state index in [0.29, 0.717) is 22.7 Å². The molecular weight excluding hydrogens is 372 g/mol. The summed E-state index contributed by atoms with van der Waals surface area (Å²) in [5.74, 6) is -0.307. The van der Waals surface area contributed by atoms with E-state index < -0.39 is 5.97 Å². The van der Waals surface area contributed by atoms with E-state index in [1.807, 2.05) is 17.5 Å². The van der Waals surface area contributed by atoms with Crippen LogP contribution in [0.3, 0.4) is 0 Å². The van der Waals surface area contributed by atoms with Gasteiger partial charge in [-0.3, -0.25) is 14.4 Å². The molecule has 0 fully saturated rings. The zero-order chi connectivity index (χ0) is 18.5. The smallest absolute Gasteiger partial charge is 0.308 e. The molecule has 2 aromatic heterocycles. The second kappa shape index (κ2) is 8.11. The lowest BCUT2D eigenvalue weighted by molar-refractivity contribution is -0.131. The van der Waals surface area contributed by atoms with Gasteiger partial charge in [-0.2, -0.15) is 0 Å². The molecule has 0 radical (unpaired) electrons. The van der Waals surface area contributed by atoms with Gasteiger partial charge in [0.25, 0.3) is 5.91 Å². The SMILES string of the molecule is CC(=O)Oc1ccccc1Cn1cc(C(=O)NCc2cccs2)sc1=O. The van der Waals surface area contributed by atoms with E-state index in [2.05, 4.69) is 5.32 Å². The highest BCUT2D eigenvalue weighted by Crippen LogP contribution is 2.19. The monoisotopic (exact) mass is 388 g/mol. The molecule has 6 nitrogen and oxygen atoms in total. The minimum Gasteiger partial charge on any atom is -0.426 e. The number of nitrogens with zero attached hydrogens (tertiary/aromatic N) is 1. The van der Waals surface area contributed by atoms with Crippen molar-refractivity contribution in [3.63, 3.8) is 0 Å². The normalized spacial score (nSPS) is 10.5. The summed E-state index contributed by atoms with van der Waals surface area (Å²) in [6, 6.07) is 10.9. The van der Waals surface area contributed by atoms with Crippen LogP contribution < -0.4 is 14.9 Å². The number of carbonyl (C=O) groups excluding carboxylic acids is 2. The summed E-state index contributed by atoms with van der Waals surface area (Å²) in [5, 5.41) is 4.74. The minimum atomic E-state index is -0.427. The number of rotatable bonds is 6. The first-order chi connectivity index (χ1) is 12.5. The van der Waals surface area contributed by atoms with Crippen molar-refractivity contribution in [2.75, 3.05) is 0 Å². The van der Waals surface area contributed by atoms with E-state index in [1.165, 1.54) is 17.7 Å². The molecule has 0 unspecified atom stereocenters.